The van der Waals surface area contributed by atoms with Crippen LogP contribution < -0.4 is 0 Å². The van der Waals surface area contributed by atoms with Gasteiger partial charge in [-0.15, -0.1) is 0 Å². The van der Waals surface area contributed by atoms with Crippen molar-refractivity contribution in [3.8, 4) is 67.9 Å². The molecule has 0 fully saturated rings. The molecular formula is C46H28N4O2. The lowest BCUT2D eigenvalue weighted by atomic mass is 9.99. The van der Waals surface area contributed by atoms with E-state index in [9.17, 15) is 0 Å². The van der Waals surface area contributed by atoms with Crippen LogP contribution in [0.2, 0.25) is 0 Å². The van der Waals surface area contributed by atoms with E-state index in [0.29, 0.717) is 34.5 Å². The molecule has 0 amide bonds. The maximum atomic E-state index is 6.40. The summed E-state index contributed by atoms with van der Waals surface area (Å²) in [5.41, 5.74) is 11.1. The Morgan fingerprint density at radius 2 is 0.827 bits per heavy atom. The molecule has 0 unspecified atom stereocenters. The van der Waals surface area contributed by atoms with Gasteiger partial charge in [0.25, 0.3) is 0 Å². The fourth-order valence-electron chi connectivity index (χ4n) is 6.78. The van der Waals surface area contributed by atoms with Gasteiger partial charge >= 0.3 is 0 Å². The number of furan rings is 1. The van der Waals surface area contributed by atoms with E-state index in [1.165, 1.54) is 11.1 Å². The molecular weight excluding hydrogens is 641 g/mol. The smallest absolute Gasteiger partial charge is 0.227 e. The van der Waals surface area contributed by atoms with Crippen LogP contribution in [0, 0.1) is 0 Å². The topological polar surface area (TPSA) is 77.8 Å². The third-order valence-electron chi connectivity index (χ3n) is 9.40. The summed E-state index contributed by atoms with van der Waals surface area (Å²) in [6, 6.07) is 57.3. The molecule has 52 heavy (non-hydrogen) atoms. The average Bonchev–Trinajstić information content (AvgIpc) is 3.81. The molecule has 0 radical (unpaired) electrons. The van der Waals surface area contributed by atoms with Gasteiger partial charge in [-0.1, -0.05) is 140 Å². The van der Waals surface area contributed by atoms with Crippen molar-refractivity contribution in [2.75, 3.05) is 0 Å². The van der Waals surface area contributed by atoms with Crippen molar-refractivity contribution >= 4 is 33.0 Å². The van der Waals surface area contributed by atoms with Crippen molar-refractivity contribution < 1.29 is 8.83 Å². The Labute approximate surface area is 298 Å². The quantitative estimate of drug-likeness (QED) is 0.175. The number of hydrogen-bond donors (Lipinski definition) is 0. The molecule has 0 bridgehead atoms. The third-order valence-corrected chi connectivity index (χ3v) is 9.40. The zero-order valence-electron chi connectivity index (χ0n) is 27.8. The average molecular weight is 669 g/mol. The molecule has 6 heteroatoms. The van der Waals surface area contributed by atoms with Crippen molar-refractivity contribution in [1.29, 1.82) is 0 Å². The van der Waals surface area contributed by atoms with Crippen molar-refractivity contribution in [1.82, 2.24) is 19.9 Å². The number of rotatable bonds is 6. The molecule has 3 heterocycles. The van der Waals surface area contributed by atoms with Crippen LogP contribution in [0.15, 0.2) is 179 Å². The fraction of sp³-hybridized carbons (Fsp3) is 0. The molecule has 10 rings (SSSR count). The van der Waals surface area contributed by atoms with Crippen LogP contribution in [0.5, 0.6) is 0 Å². The highest BCUT2D eigenvalue weighted by atomic mass is 16.4. The molecule has 3 aromatic heterocycles. The first-order valence-corrected chi connectivity index (χ1v) is 17.1. The number of hydrogen-bond acceptors (Lipinski definition) is 6. The summed E-state index contributed by atoms with van der Waals surface area (Å²) in [6.07, 6.45) is 0. The number of oxazole rings is 1. The molecule has 0 aliphatic rings. The molecule has 7 aromatic carbocycles. The Morgan fingerprint density at radius 3 is 1.44 bits per heavy atom. The van der Waals surface area contributed by atoms with Gasteiger partial charge in [0.2, 0.25) is 5.89 Å². The largest absolute Gasteiger partial charge is 0.456 e. The van der Waals surface area contributed by atoms with Gasteiger partial charge in [0, 0.05) is 39.1 Å². The van der Waals surface area contributed by atoms with E-state index in [1.54, 1.807) is 0 Å². The Morgan fingerprint density at radius 1 is 0.327 bits per heavy atom. The van der Waals surface area contributed by atoms with Gasteiger partial charge in [-0.05, 0) is 46.5 Å². The van der Waals surface area contributed by atoms with Crippen molar-refractivity contribution in [3.63, 3.8) is 0 Å². The lowest BCUT2D eigenvalue weighted by molar-refractivity contribution is 0.620. The number of fused-ring (bicyclic) bond motifs is 4. The summed E-state index contributed by atoms with van der Waals surface area (Å²) < 4.78 is 12.7. The molecule has 0 spiro atoms. The van der Waals surface area contributed by atoms with Crippen LogP contribution in [-0.2, 0) is 0 Å². The summed E-state index contributed by atoms with van der Waals surface area (Å²) in [5.74, 6) is 2.30. The second-order valence-corrected chi connectivity index (χ2v) is 12.7. The van der Waals surface area contributed by atoms with E-state index < -0.39 is 0 Å². The van der Waals surface area contributed by atoms with E-state index in [0.717, 1.165) is 55.3 Å². The summed E-state index contributed by atoms with van der Waals surface area (Å²) >= 11 is 0. The highest BCUT2D eigenvalue weighted by Crippen LogP contribution is 2.39. The number of nitrogens with zero attached hydrogens (tertiary/aromatic N) is 4. The van der Waals surface area contributed by atoms with Gasteiger partial charge in [0.15, 0.2) is 23.1 Å². The molecule has 0 N–H and O–H groups in total. The van der Waals surface area contributed by atoms with Crippen molar-refractivity contribution in [2.45, 2.75) is 0 Å². The number of benzene rings is 7. The van der Waals surface area contributed by atoms with Crippen LogP contribution in [0.4, 0.5) is 0 Å². The van der Waals surface area contributed by atoms with Gasteiger partial charge in [-0.2, -0.15) is 0 Å². The predicted octanol–water partition coefficient (Wildman–Crippen LogP) is 11.9. The van der Waals surface area contributed by atoms with E-state index in [1.807, 2.05) is 97.1 Å². The minimum Gasteiger partial charge on any atom is -0.456 e. The van der Waals surface area contributed by atoms with E-state index in [2.05, 4.69) is 72.8 Å². The van der Waals surface area contributed by atoms with Crippen LogP contribution in [0.25, 0.3) is 101 Å². The lowest BCUT2D eigenvalue weighted by Crippen LogP contribution is -2.00. The normalized spacial score (nSPS) is 11.5. The molecule has 0 aliphatic carbocycles. The molecule has 0 aliphatic heterocycles. The molecule has 0 atom stereocenters. The summed E-state index contributed by atoms with van der Waals surface area (Å²) in [4.78, 5) is 19.9. The highest BCUT2D eigenvalue weighted by Gasteiger charge is 2.20. The predicted molar refractivity (Wildman–Crippen MR) is 207 cm³/mol. The first-order valence-electron chi connectivity index (χ1n) is 17.1. The van der Waals surface area contributed by atoms with Gasteiger partial charge in [-0.3, -0.25) is 0 Å². The maximum absolute atomic E-state index is 6.40. The first-order chi connectivity index (χ1) is 25.7. The monoisotopic (exact) mass is 668 g/mol. The van der Waals surface area contributed by atoms with Gasteiger partial charge in [0.05, 0.1) is 0 Å². The summed E-state index contributed by atoms with van der Waals surface area (Å²) in [7, 11) is 0. The molecule has 0 saturated carbocycles. The fourth-order valence-corrected chi connectivity index (χ4v) is 6.78. The number of aromatic nitrogens is 4. The third kappa shape index (κ3) is 5.30. The van der Waals surface area contributed by atoms with Gasteiger partial charge in [-0.25, -0.2) is 19.9 Å². The first kappa shape index (κ1) is 29.7. The molecule has 244 valence electrons. The Hall–Kier alpha value is -7.18. The molecule has 0 saturated heterocycles. The SMILES string of the molecule is c1ccc(-c2ccc(-c3ccc(-c4nc(-c5ccccc5)nc(-c5cccc6oc7cc8nc(-c9ccccc9)oc8cc7c56)n4)cc3)cc2)cc1. The summed E-state index contributed by atoms with van der Waals surface area (Å²) in [6.45, 7) is 0. The zero-order chi connectivity index (χ0) is 34.4. The standard InChI is InChI=1S/C46H28N4O2/c1-4-11-29(12-5-1)30-19-21-31(22-20-30)32-23-25-34(26-24-32)44-48-43(33-13-6-2-7-14-33)49-45(50-44)36-17-10-18-39-42(36)37-27-41-38(28-40(37)51-39)47-46(52-41)35-15-8-3-9-16-35/h1-28H. The van der Waals surface area contributed by atoms with Crippen molar-refractivity contribution in [2.24, 2.45) is 0 Å². The van der Waals surface area contributed by atoms with Crippen LogP contribution in [0.3, 0.4) is 0 Å². The van der Waals surface area contributed by atoms with E-state index >= 15 is 0 Å². The minimum absolute atomic E-state index is 0.556. The van der Waals surface area contributed by atoms with E-state index in [4.69, 9.17) is 28.8 Å². The Bertz CT molecular complexity index is 2860. The van der Waals surface area contributed by atoms with Crippen LogP contribution in [-0.4, -0.2) is 19.9 Å². The minimum atomic E-state index is 0.556. The van der Waals surface area contributed by atoms with Crippen molar-refractivity contribution in [3.05, 3.63) is 170 Å². The van der Waals surface area contributed by atoms with E-state index in [-0.39, 0.29) is 0 Å². The Balaban J connectivity index is 1.07. The van der Waals surface area contributed by atoms with Crippen LogP contribution in [0.1, 0.15) is 0 Å². The highest BCUT2D eigenvalue weighted by molar-refractivity contribution is 6.14. The van der Waals surface area contributed by atoms with Gasteiger partial charge < -0.3 is 8.83 Å². The second-order valence-electron chi connectivity index (χ2n) is 12.7. The second kappa shape index (κ2) is 12.3. The Kier molecular flexibility index (Phi) is 7.03. The van der Waals surface area contributed by atoms with Crippen LogP contribution >= 0.6 is 0 Å². The molecule has 6 nitrogen and oxygen atoms in total. The maximum Gasteiger partial charge on any atom is 0.227 e. The summed E-state index contributed by atoms with van der Waals surface area (Å²) in [5, 5.41) is 1.81. The van der Waals surface area contributed by atoms with Gasteiger partial charge in [0.1, 0.15) is 16.7 Å². The molecule has 10 aromatic rings. The zero-order valence-corrected chi connectivity index (χ0v) is 27.8. The lowest BCUT2D eigenvalue weighted by Gasteiger charge is -2.10.